The van der Waals surface area contributed by atoms with E-state index in [2.05, 4.69) is 6.92 Å². The van der Waals surface area contributed by atoms with Crippen molar-refractivity contribution in [2.24, 2.45) is 0 Å². The molecular formula is C35H59KO7S. The van der Waals surface area contributed by atoms with E-state index < -0.39 is 33.9 Å². The van der Waals surface area contributed by atoms with E-state index in [9.17, 15) is 22.6 Å². The van der Waals surface area contributed by atoms with Gasteiger partial charge in [0.25, 0.3) is 0 Å². The van der Waals surface area contributed by atoms with Crippen LogP contribution < -0.4 is 51.4 Å². The Morgan fingerprint density at radius 3 is 1.27 bits per heavy atom. The van der Waals surface area contributed by atoms with Gasteiger partial charge >= 0.3 is 63.3 Å². The van der Waals surface area contributed by atoms with Crippen LogP contribution in [0.4, 0.5) is 0 Å². The van der Waals surface area contributed by atoms with Crippen LogP contribution in [0.15, 0.2) is 24.3 Å². The fourth-order valence-corrected chi connectivity index (χ4v) is 5.38. The van der Waals surface area contributed by atoms with Crippen molar-refractivity contribution in [1.82, 2.24) is 0 Å². The predicted octanol–water partition coefficient (Wildman–Crippen LogP) is 6.54. The Morgan fingerprint density at radius 1 is 0.614 bits per heavy atom. The first-order valence-electron chi connectivity index (χ1n) is 17.1. The first-order valence-corrected chi connectivity index (χ1v) is 18.6. The Hall–Kier alpha value is -0.294. The molecule has 0 N–H and O–H groups in total. The Bertz CT molecular complexity index is 968. The fourth-order valence-electron chi connectivity index (χ4n) is 5.15. The van der Waals surface area contributed by atoms with Crippen molar-refractivity contribution in [3.63, 3.8) is 0 Å². The van der Waals surface area contributed by atoms with Gasteiger partial charge in [-0.05, 0) is 25.5 Å². The van der Waals surface area contributed by atoms with Gasteiger partial charge < -0.3 is 14.0 Å². The maximum absolute atomic E-state index is 12.5. The molecule has 1 atom stereocenters. The predicted molar refractivity (Wildman–Crippen MR) is 173 cm³/mol. The molecule has 44 heavy (non-hydrogen) atoms. The molecule has 0 aliphatic rings. The zero-order valence-electron chi connectivity index (χ0n) is 28.1. The molecule has 0 aliphatic heterocycles. The smallest absolute Gasteiger partial charge is 0.748 e. The van der Waals surface area contributed by atoms with Crippen LogP contribution in [-0.4, -0.2) is 43.4 Å². The molecule has 1 aromatic rings. The second-order valence-corrected chi connectivity index (χ2v) is 13.8. The molecule has 0 fully saturated rings. The van der Waals surface area contributed by atoms with Crippen LogP contribution >= 0.6 is 0 Å². The molecule has 0 radical (unpaired) electrons. The van der Waals surface area contributed by atoms with Gasteiger partial charge in [-0.1, -0.05) is 154 Å². The van der Waals surface area contributed by atoms with E-state index in [0.717, 1.165) is 26.2 Å². The van der Waals surface area contributed by atoms with Crippen LogP contribution in [0.25, 0.3) is 0 Å². The average Bonchev–Trinajstić information content (AvgIpc) is 2.99. The Morgan fingerprint density at radius 2 is 0.932 bits per heavy atom. The number of hydrogen-bond acceptors (Lipinski definition) is 7. The summed E-state index contributed by atoms with van der Waals surface area (Å²) < 4.78 is 43.3. The first-order chi connectivity index (χ1) is 20.8. The van der Waals surface area contributed by atoms with Crippen LogP contribution in [0.5, 0.6) is 0 Å². The molecule has 1 unspecified atom stereocenters. The zero-order valence-corrected chi connectivity index (χ0v) is 32.1. The minimum absolute atomic E-state index is 0. The molecule has 0 heterocycles. The zero-order chi connectivity index (χ0) is 31.6. The number of ether oxygens (including phenoxy) is 2. The molecule has 0 saturated heterocycles. The van der Waals surface area contributed by atoms with Crippen molar-refractivity contribution in [3.8, 4) is 0 Å². The van der Waals surface area contributed by atoms with Gasteiger partial charge in [-0.15, -0.1) is 0 Å². The molecule has 1 rings (SSSR count). The second kappa shape index (κ2) is 28.9. The van der Waals surface area contributed by atoms with Gasteiger partial charge in [0.2, 0.25) is 0 Å². The summed E-state index contributed by atoms with van der Waals surface area (Å²) in [4.78, 5) is 24.9. The molecule has 0 aliphatic carbocycles. The minimum Gasteiger partial charge on any atom is -0.748 e. The van der Waals surface area contributed by atoms with E-state index in [-0.39, 0.29) is 69.1 Å². The van der Waals surface area contributed by atoms with Crippen molar-refractivity contribution in [2.75, 3.05) is 13.2 Å². The number of rotatable bonds is 28. The van der Waals surface area contributed by atoms with Crippen molar-refractivity contribution in [3.05, 3.63) is 35.4 Å². The molecular weight excluding hydrogens is 604 g/mol. The number of esters is 2. The van der Waals surface area contributed by atoms with E-state index in [0.29, 0.717) is 0 Å². The summed E-state index contributed by atoms with van der Waals surface area (Å²) in [7, 11) is -4.56. The molecule has 0 amide bonds. The number of carbonyl (C=O) groups is 2. The Kier molecular flexibility index (Phi) is 28.7. The monoisotopic (exact) mass is 662 g/mol. The normalized spacial score (nSPS) is 12.0. The summed E-state index contributed by atoms with van der Waals surface area (Å²) in [6.07, 6.45) is 29.0. The Labute approximate surface area is 311 Å². The van der Waals surface area contributed by atoms with Gasteiger partial charge in [-0.2, -0.15) is 0 Å². The van der Waals surface area contributed by atoms with E-state index in [1.807, 2.05) is 0 Å². The summed E-state index contributed by atoms with van der Waals surface area (Å²) in [6, 6.07) is 6.05. The van der Waals surface area contributed by atoms with Gasteiger partial charge in [0.1, 0.15) is 16.7 Å². The number of benzene rings is 1. The average molecular weight is 663 g/mol. The van der Waals surface area contributed by atoms with Gasteiger partial charge in [-0.25, -0.2) is 18.0 Å². The van der Waals surface area contributed by atoms with Crippen molar-refractivity contribution in [2.45, 2.75) is 160 Å². The molecule has 0 saturated carbocycles. The van der Waals surface area contributed by atoms with Crippen LogP contribution in [0.1, 0.15) is 176 Å². The molecule has 1 aromatic carbocycles. The third-order valence-electron chi connectivity index (χ3n) is 8.04. The number of carbonyl (C=O) groups excluding carboxylic acids is 2. The van der Waals surface area contributed by atoms with E-state index in [1.54, 1.807) is 12.1 Å². The van der Waals surface area contributed by atoms with Gasteiger partial charge in [0.15, 0.2) is 0 Å². The SMILES string of the molecule is CCCCCCCCCCCCCCCCCCCCCCCCOC(=O)c1ccccc1C(=O)OCC(C)S(=O)(=O)[O-].[K+]. The Balaban J connectivity index is 0.0000185. The number of unbranched alkanes of at least 4 members (excludes halogenated alkanes) is 21. The quantitative estimate of drug-likeness (QED) is 0.0434. The molecule has 248 valence electrons. The van der Waals surface area contributed by atoms with Crippen LogP contribution in [0.3, 0.4) is 0 Å². The third kappa shape index (κ3) is 23.1. The van der Waals surface area contributed by atoms with E-state index in [4.69, 9.17) is 9.47 Å². The summed E-state index contributed by atoms with van der Waals surface area (Å²) in [5.74, 6) is -1.49. The molecule has 0 bridgehead atoms. The first kappa shape index (κ1) is 43.7. The summed E-state index contributed by atoms with van der Waals surface area (Å²) >= 11 is 0. The molecule has 7 nitrogen and oxygen atoms in total. The summed E-state index contributed by atoms with van der Waals surface area (Å²) in [6.45, 7) is 3.14. The molecule has 9 heteroatoms. The van der Waals surface area contributed by atoms with E-state index in [1.165, 1.54) is 134 Å². The molecule has 0 aromatic heterocycles. The third-order valence-corrected chi connectivity index (χ3v) is 9.16. The van der Waals surface area contributed by atoms with Crippen molar-refractivity contribution >= 4 is 22.1 Å². The summed E-state index contributed by atoms with van der Waals surface area (Å²) in [5, 5.41) is -1.37. The molecule has 0 spiro atoms. The summed E-state index contributed by atoms with van der Waals surface area (Å²) in [5.41, 5.74) is 0.0426. The minimum atomic E-state index is -4.56. The second-order valence-electron chi connectivity index (χ2n) is 12.0. The topological polar surface area (TPSA) is 110 Å². The standard InChI is InChI=1S/C35H60O7S.K/c1-3-4-5-6-7-8-9-10-11-12-13-14-15-16-17-18-19-20-21-22-23-26-29-41-34(36)32-27-24-25-28-33(32)35(37)42-30-31(2)43(38,39)40;/h24-25,27-28,31H,3-23,26,29-30H2,1-2H3,(H,38,39,40);/q;+1/p-1. The van der Waals surface area contributed by atoms with Crippen molar-refractivity contribution < 1.29 is 83.4 Å². The number of hydrogen-bond donors (Lipinski definition) is 0. The van der Waals surface area contributed by atoms with E-state index >= 15 is 0 Å². The van der Waals surface area contributed by atoms with Crippen LogP contribution in [0.2, 0.25) is 0 Å². The van der Waals surface area contributed by atoms with Gasteiger partial charge in [0, 0.05) is 0 Å². The maximum atomic E-state index is 12.5. The van der Waals surface area contributed by atoms with Gasteiger partial charge in [-0.3, -0.25) is 0 Å². The van der Waals surface area contributed by atoms with Gasteiger partial charge in [0.05, 0.1) is 23.0 Å². The van der Waals surface area contributed by atoms with Crippen LogP contribution in [-0.2, 0) is 19.6 Å². The largest absolute Gasteiger partial charge is 1.00 e. The maximum Gasteiger partial charge on any atom is 1.00 e. The van der Waals surface area contributed by atoms with Crippen LogP contribution in [0, 0.1) is 0 Å². The fraction of sp³-hybridized carbons (Fsp3) is 0.771. The van der Waals surface area contributed by atoms with Crippen molar-refractivity contribution in [1.29, 1.82) is 0 Å².